The Morgan fingerprint density at radius 2 is 1.83 bits per heavy atom. The van der Waals surface area contributed by atoms with Crippen molar-refractivity contribution >= 4 is 21.7 Å². The Labute approximate surface area is 165 Å². The van der Waals surface area contributed by atoms with Gasteiger partial charge in [0, 0.05) is 18.9 Å². The van der Waals surface area contributed by atoms with Crippen LogP contribution in [0.1, 0.15) is 38.2 Å². The number of carbonyl (C=O) groups excluding carboxylic acids is 2. The lowest BCUT2D eigenvalue weighted by Gasteiger charge is -2.37. The number of hydrogen-bond acceptors (Lipinski definition) is 5. The Morgan fingerprint density at radius 1 is 1.17 bits per heavy atom. The van der Waals surface area contributed by atoms with E-state index < -0.39 is 43.2 Å². The molecule has 0 radical (unpaired) electrons. The average molecular weight is 434 g/mol. The second-order valence-electron chi connectivity index (χ2n) is 7.55. The van der Waals surface area contributed by atoms with E-state index in [0.29, 0.717) is 6.07 Å². The first kappa shape index (κ1) is 21.6. The Balaban J connectivity index is 1.76. The van der Waals surface area contributed by atoms with Gasteiger partial charge in [0.2, 0.25) is 5.91 Å². The van der Waals surface area contributed by atoms with E-state index in [4.69, 9.17) is 4.74 Å². The van der Waals surface area contributed by atoms with Crippen LogP contribution in [0.25, 0.3) is 0 Å². The van der Waals surface area contributed by atoms with Crippen molar-refractivity contribution in [2.75, 3.05) is 6.61 Å². The molecule has 0 spiro atoms. The summed E-state index contributed by atoms with van der Waals surface area (Å²) >= 11 is 0. The highest BCUT2D eigenvalue weighted by Gasteiger charge is 2.47. The maximum absolute atomic E-state index is 13.1. The van der Waals surface area contributed by atoms with Crippen LogP contribution in [-0.2, 0) is 30.3 Å². The monoisotopic (exact) mass is 434 g/mol. The molecule has 2 N–H and O–H groups in total. The Bertz CT molecular complexity index is 914. The zero-order valence-corrected chi connectivity index (χ0v) is 16.4. The highest BCUT2D eigenvalue weighted by Crippen LogP contribution is 2.38. The maximum atomic E-state index is 13.1. The van der Waals surface area contributed by atoms with Crippen molar-refractivity contribution in [1.82, 2.24) is 10.9 Å². The summed E-state index contributed by atoms with van der Waals surface area (Å²) < 4.78 is 68.9. The van der Waals surface area contributed by atoms with E-state index in [2.05, 4.69) is 10.9 Å². The van der Waals surface area contributed by atoms with Crippen molar-refractivity contribution in [2.45, 2.75) is 54.5 Å². The summed E-state index contributed by atoms with van der Waals surface area (Å²) in [5.41, 5.74) is 3.43. The SMILES string of the molecule is CC1(S(=O)(=O)c2cccc(C(F)(F)F)c2)CCOC(C(=O)NNC(=O)C2CC2)C1. The molecule has 160 valence electrons. The molecule has 1 aliphatic heterocycles. The molecule has 2 aliphatic rings. The summed E-state index contributed by atoms with van der Waals surface area (Å²) in [6.07, 6.45) is -4.58. The molecule has 1 aromatic rings. The lowest BCUT2D eigenvalue weighted by Crippen LogP contribution is -2.53. The topological polar surface area (TPSA) is 102 Å². The summed E-state index contributed by atoms with van der Waals surface area (Å²) in [4.78, 5) is 23.5. The second-order valence-corrected chi connectivity index (χ2v) is 10.0. The largest absolute Gasteiger partial charge is 0.416 e. The van der Waals surface area contributed by atoms with E-state index in [-0.39, 0.29) is 31.3 Å². The zero-order valence-electron chi connectivity index (χ0n) is 15.6. The molecule has 3 rings (SSSR count). The minimum atomic E-state index is -4.68. The van der Waals surface area contributed by atoms with Crippen molar-refractivity contribution in [3.05, 3.63) is 29.8 Å². The van der Waals surface area contributed by atoms with Gasteiger partial charge in [-0.2, -0.15) is 13.2 Å². The van der Waals surface area contributed by atoms with Gasteiger partial charge in [-0.3, -0.25) is 20.4 Å². The number of carbonyl (C=O) groups is 2. The second kappa shape index (κ2) is 7.60. The quantitative estimate of drug-likeness (QED) is 0.706. The van der Waals surface area contributed by atoms with Crippen LogP contribution < -0.4 is 10.9 Å². The Morgan fingerprint density at radius 3 is 2.45 bits per heavy atom. The van der Waals surface area contributed by atoms with Crippen molar-refractivity contribution in [1.29, 1.82) is 0 Å². The van der Waals surface area contributed by atoms with Crippen LogP contribution in [0.2, 0.25) is 0 Å². The van der Waals surface area contributed by atoms with E-state index in [1.807, 2.05) is 0 Å². The van der Waals surface area contributed by atoms with E-state index in [1.54, 1.807) is 0 Å². The third-order valence-electron chi connectivity index (χ3n) is 5.24. The molecule has 29 heavy (non-hydrogen) atoms. The van der Waals surface area contributed by atoms with Crippen LogP contribution >= 0.6 is 0 Å². The van der Waals surface area contributed by atoms with Crippen molar-refractivity contribution in [3.8, 4) is 0 Å². The molecule has 11 heteroatoms. The number of sulfone groups is 1. The Kier molecular flexibility index (Phi) is 5.65. The molecule has 7 nitrogen and oxygen atoms in total. The molecule has 1 aliphatic carbocycles. The molecular formula is C18H21F3N2O5S. The van der Waals surface area contributed by atoms with Crippen molar-refractivity contribution in [3.63, 3.8) is 0 Å². The standard InChI is InChI=1S/C18H21F3N2O5S/c1-17(29(26,27)13-4-2-3-12(9-13)18(19,20)21)7-8-28-14(10-17)16(25)23-22-15(24)11-5-6-11/h2-4,9,11,14H,5-8,10H2,1H3,(H,22,24)(H,23,25). The number of nitrogens with one attached hydrogen (secondary N) is 2. The zero-order chi connectivity index (χ0) is 21.4. The third kappa shape index (κ3) is 4.55. The number of amides is 2. The Hall–Kier alpha value is -2.14. The van der Waals surface area contributed by atoms with Crippen LogP contribution in [0.4, 0.5) is 13.2 Å². The summed E-state index contributed by atoms with van der Waals surface area (Å²) in [7, 11) is -4.19. The van der Waals surface area contributed by atoms with Crippen LogP contribution in [0.15, 0.2) is 29.2 Å². The molecule has 1 saturated carbocycles. The number of hydrogen-bond donors (Lipinski definition) is 2. The molecule has 2 unspecified atom stereocenters. The maximum Gasteiger partial charge on any atom is 0.416 e. The normalized spacial score (nSPS) is 25.3. The molecule has 2 atom stereocenters. The molecule has 1 heterocycles. The van der Waals surface area contributed by atoms with E-state index in [0.717, 1.165) is 31.0 Å². The molecule has 0 aromatic heterocycles. The number of ether oxygens (including phenoxy) is 1. The lowest BCUT2D eigenvalue weighted by molar-refractivity contribution is -0.140. The summed E-state index contributed by atoms with van der Waals surface area (Å²) in [5.74, 6) is -1.16. The lowest BCUT2D eigenvalue weighted by atomic mass is 9.96. The number of alkyl halides is 3. The van der Waals surface area contributed by atoms with Gasteiger partial charge in [0.1, 0.15) is 6.10 Å². The molecule has 2 amide bonds. The van der Waals surface area contributed by atoms with Gasteiger partial charge in [-0.1, -0.05) is 6.07 Å². The highest BCUT2D eigenvalue weighted by molar-refractivity contribution is 7.92. The number of benzene rings is 1. The van der Waals surface area contributed by atoms with Crippen LogP contribution in [0.3, 0.4) is 0 Å². The summed E-state index contributed by atoms with van der Waals surface area (Å²) in [6, 6.07) is 3.54. The van der Waals surface area contributed by atoms with Crippen LogP contribution in [0.5, 0.6) is 0 Å². The van der Waals surface area contributed by atoms with Gasteiger partial charge < -0.3 is 4.74 Å². The molecule has 1 aromatic carbocycles. The smallest absolute Gasteiger partial charge is 0.368 e. The van der Waals surface area contributed by atoms with Crippen LogP contribution in [-0.4, -0.2) is 37.7 Å². The van der Waals surface area contributed by atoms with Gasteiger partial charge in [-0.05, 0) is 44.4 Å². The van der Waals surface area contributed by atoms with Crippen molar-refractivity contribution in [2.24, 2.45) is 5.92 Å². The fourth-order valence-corrected chi connectivity index (χ4v) is 4.99. The molecule has 0 bridgehead atoms. The van der Waals surface area contributed by atoms with Gasteiger partial charge in [0.25, 0.3) is 5.91 Å². The molecular weight excluding hydrogens is 413 g/mol. The predicted octanol–water partition coefficient (Wildman–Crippen LogP) is 1.97. The summed E-state index contributed by atoms with van der Waals surface area (Å²) in [5, 5.41) is 0. The predicted molar refractivity (Wildman–Crippen MR) is 95.0 cm³/mol. The van der Waals surface area contributed by atoms with Gasteiger partial charge >= 0.3 is 6.18 Å². The van der Waals surface area contributed by atoms with E-state index in [9.17, 15) is 31.2 Å². The van der Waals surface area contributed by atoms with Gasteiger partial charge in [-0.25, -0.2) is 8.42 Å². The van der Waals surface area contributed by atoms with Crippen LogP contribution in [0, 0.1) is 5.92 Å². The third-order valence-corrected chi connectivity index (χ3v) is 7.78. The fourth-order valence-electron chi connectivity index (χ4n) is 3.16. The highest BCUT2D eigenvalue weighted by atomic mass is 32.2. The number of rotatable bonds is 4. The first-order valence-corrected chi connectivity index (χ1v) is 10.6. The minimum absolute atomic E-state index is 0.0177. The first-order valence-electron chi connectivity index (χ1n) is 9.07. The van der Waals surface area contributed by atoms with Gasteiger partial charge in [0.05, 0.1) is 15.2 Å². The minimum Gasteiger partial charge on any atom is -0.368 e. The van der Waals surface area contributed by atoms with Crippen molar-refractivity contribution < 1.29 is 35.9 Å². The number of hydrazine groups is 1. The van der Waals surface area contributed by atoms with E-state index in [1.165, 1.54) is 6.92 Å². The van der Waals surface area contributed by atoms with E-state index >= 15 is 0 Å². The molecule has 2 fully saturated rings. The van der Waals surface area contributed by atoms with Gasteiger partial charge in [0.15, 0.2) is 9.84 Å². The molecule has 1 saturated heterocycles. The fraction of sp³-hybridized carbons (Fsp3) is 0.556. The number of halogens is 3. The summed E-state index contributed by atoms with van der Waals surface area (Å²) in [6.45, 7) is 1.32. The average Bonchev–Trinajstić information content (AvgIpc) is 3.50. The first-order chi connectivity index (χ1) is 13.4. The van der Waals surface area contributed by atoms with Gasteiger partial charge in [-0.15, -0.1) is 0 Å².